The first-order valence-electron chi connectivity index (χ1n) is 12.1. The summed E-state index contributed by atoms with van der Waals surface area (Å²) < 4.78 is 1.89. The summed E-state index contributed by atoms with van der Waals surface area (Å²) in [6.07, 6.45) is 5.11. The van der Waals surface area contributed by atoms with Gasteiger partial charge in [0.15, 0.2) is 0 Å². The highest BCUT2D eigenvalue weighted by Crippen LogP contribution is 2.39. The van der Waals surface area contributed by atoms with Crippen LogP contribution in [0.4, 0.5) is 10.5 Å². The molecule has 2 N–H and O–H groups in total. The molecule has 3 heterocycles. The monoisotopic (exact) mass is 517 g/mol. The lowest BCUT2D eigenvalue weighted by Gasteiger charge is -2.27. The third kappa shape index (κ3) is 4.19. The van der Waals surface area contributed by atoms with Gasteiger partial charge in [0.1, 0.15) is 10.6 Å². The van der Waals surface area contributed by atoms with Crippen LogP contribution >= 0.6 is 11.3 Å². The number of anilines is 1. The molecule has 1 fully saturated rings. The zero-order valence-corrected chi connectivity index (χ0v) is 21.9. The van der Waals surface area contributed by atoms with Crippen LogP contribution in [0.5, 0.6) is 0 Å². The van der Waals surface area contributed by atoms with Gasteiger partial charge in [0.25, 0.3) is 11.8 Å². The second-order valence-corrected chi connectivity index (χ2v) is 10.7. The van der Waals surface area contributed by atoms with Crippen LogP contribution in [0.1, 0.15) is 61.7 Å². The van der Waals surface area contributed by atoms with Crippen LogP contribution in [0.25, 0.3) is 11.1 Å². The molecule has 0 unspecified atom stereocenters. The minimum Gasteiger partial charge on any atom is -0.478 e. The third-order valence-electron chi connectivity index (χ3n) is 6.91. The summed E-state index contributed by atoms with van der Waals surface area (Å²) in [6, 6.07) is 6.40. The summed E-state index contributed by atoms with van der Waals surface area (Å²) in [5, 5.41) is 13.0. The number of amides is 4. The molecule has 4 amide bonds. The number of fused-ring (bicyclic) bond motifs is 1. The molecular formula is C28H27N3O5S. The molecule has 1 saturated heterocycles. The van der Waals surface area contributed by atoms with E-state index in [1.54, 1.807) is 12.1 Å². The number of aryl methyl sites for hydroxylation is 4. The van der Waals surface area contributed by atoms with Crippen molar-refractivity contribution in [1.29, 1.82) is 0 Å². The Kier molecular flexibility index (Phi) is 6.11. The fourth-order valence-corrected chi connectivity index (χ4v) is 6.79. The highest BCUT2D eigenvalue weighted by molar-refractivity contribution is 7.15. The summed E-state index contributed by atoms with van der Waals surface area (Å²) in [5.74, 6) is -2.43. The van der Waals surface area contributed by atoms with Gasteiger partial charge >= 0.3 is 12.0 Å². The smallest absolute Gasteiger partial charge is 0.339 e. The largest absolute Gasteiger partial charge is 0.478 e. The van der Waals surface area contributed by atoms with Crippen LogP contribution < -0.4 is 10.2 Å². The van der Waals surface area contributed by atoms with Crippen LogP contribution in [-0.2, 0) is 22.4 Å². The molecule has 37 heavy (non-hydrogen) atoms. The first-order chi connectivity index (χ1) is 17.6. The number of carbonyl (C=O) groups excluding carboxylic acids is 3. The number of nitrogens with zero attached hydrogens (tertiary/aromatic N) is 2. The number of carbonyl (C=O) groups is 4. The second-order valence-electron chi connectivity index (χ2n) is 9.66. The topological polar surface area (TPSA) is 109 Å². The molecule has 0 atom stereocenters. The maximum absolute atomic E-state index is 13.4. The molecule has 1 aromatic carbocycles. The summed E-state index contributed by atoms with van der Waals surface area (Å²) in [6.45, 7) is 7.44. The van der Waals surface area contributed by atoms with Crippen LogP contribution in [0.3, 0.4) is 0 Å². The van der Waals surface area contributed by atoms with Crippen molar-refractivity contribution in [3.8, 4) is 5.00 Å². The normalized spacial score (nSPS) is 16.8. The van der Waals surface area contributed by atoms with Crippen LogP contribution in [0.2, 0.25) is 0 Å². The standard InChI is InChI=1S/C28H27N3O5S/c1-14-9-15(2)11-19(10-14)31-25(33)21(24(32)29-28(31)36)13-18-12-16(3)30(17(18)4)26-23(27(34)35)20-7-5-6-8-22(20)37-26/h9-13H,5-8H2,1-4H3,(H,34,35)(H,29,32,36)/b21-13+. The molecule has 0 saturated carbocycles. The van der Waals surface area contributed by atoms with Crippen molar-refractivity contribution in [2.24, 2.45) is 0 Å². The van der Waals surface area contributed by atoms with E-state index in [1.807, 2.05) is 44.4 Å². The summed E-state index contributed by atoms with van der Waals surface area (Å²) in [7, 11) is 0. The van der Waals surface area contributed by atoms with Gasteiger partial charge < -0.3 is 9.67 Å². The van der Waals surface area contributed by atoms with Crippen molar-refractivity contribution >= 4 is 46.9 Å². The predicted octanol–water partition coefficient (Wildman–Crippen LogP) is 5.02. The molecule has 8 nitrogen and oxygen atoms in total. The number of imide groups is 2. The Morgan fingerprint density at radius 2 is 1.68 bits per heavy atom. The average Bonchev–Trinajstić information content (AvgIpc) is 3.32. The fraction of sp³-hybridized carbons (Fsp3) is 0.286. The number of aromatic carboxylic acids is 1. The number of barbiturate groups is 1. The van der Waals surface area contributed by atoms with Crippen molar-refractivity contribution in [2.75, 3.05) is 4.90 Å². The van der Waals surface area contributed by atoms with Gasteiger partial charge in [-0.3, -0.25) is 14.9 Å². The van der Waals surface area contributed by atoms with Crippen molar-refractivity contribution in [2.45, 2.75) is 53.4 Å². The first kappa shape index (κ1) is 24.7. The highest BCUT2D eigenvalue weighted by atomic mass is 32.1. The third-order valence-corrected chi connectivity index (χ3v) is 8.18. The quantitative estimate of drug-likeness (QED) is 0.373. The minimum absolute atomic E-state index is 0.164. The van der Waals surface area contributed by atoms with Crippen molar-refractivity contribution in [3.05, 3.63) is 73.9 Å². The number of aromatic nitrogens is 1. The molecule has 1 aliphatic carbocycles. The average molecular weight is 518 g/mol. The van der Waals surface area contributed by atoms with Gasteiger partial charge in [0.05, 0.1) is 11.3 Å². The van der Waals surface area contributed by atoms with E-state index in [0.29, 0.717) is 27.5 Å². The molecule has 190 valence electrons. The van der Waals surface area contributed by atoms with Crippen LogP contribution in [0, 0.1) is 27.7 Å². The Balaban J connectivity index is 1.59. The number of urea groups is 1. The molecular weight excluding hydrogens is 490 g/mol. The number of hydrogen-bond acceptors (Lipinski definition) is 5. The van der Waals surface area contributed by atoms with E-state index in [9.17, 15) is 24.3 Å². The fourth-order valence-electron chi connectivity index (χ4n) is 5.30. The molecule has 2 aliphatic rings. The van der Waals surface area contributed by atoms with Gasteiger partial charge in [-0.25, -0.2) is 14.5 Å². The number of hydrogen-bond donors (Lipinski definition) is 2. The van der Waals surface area contributed by atoms with E-state index < -0.39 is 23.8 Å². The van der Waals surface area contributed by atoms with E-state index in [-0.39, 0.29) is 5.57 Å². The SMILES string of the molecule is Cc1cc(C)cc(N2C(=O)NC(=O)/C(=C\c3cc(C)n(-c4sc5c(c4C(=O)O)CCCC5)c3C)C2=O)c1. The van der Waals surface area contributed by atoms with Gasteiger partial charge in [-0.1, -0.05) is 6.07 Å². The second kappa shape index (κ2) is 9.15. The number of benzene rings is 1. The molecule has 0 spiro atoms. The lowest BCUT2D eigenvalue weighted by Crippen LogP contribution is -2.54. The zero-order valence-electron chi connectivity index (χ0n) is 21.1. The van der Waals surface area contributed by atoms with Gasteiger partial charge in [-0.15, -0.1) is 11.3 Å². The molecule has 2 aromatic heterocycles. The van der Waals surface area contributed by atoms with Crippen LogP contribution in [-0.4, -0.2) is 33.5 Å². The first-order valence-corrected chi connectivity index (χ1v) is 13.0. The molecule has 0 bridgehead atoms. The molecule has 0 radical (unpaired) electrons. The Hall–Kier alpha value is -3.98. The van der Waals surface area contributed by atoms with E-state index in [1.165, 1.54) is 17.4 Å². The van der Waals surface area contributed by atoms with Gasteiger partial charge in [-0.05, 0) is 99.9 Å². The van der Waals surface area contributed by atoms with Crippen molar-refractivity contribution < 1.29 is 24.3 Å². The van der Waals surface area contributed by atoms with E-state index in [4.69, 9.17) is 0 Å². The highest BCUT2D eigenvalue weighted by Gasteiger charge is 2.37. The predicted molar refractivity (Wildman–Crippen MR) is 142 cm³/mol. The van der Waals surface area contributed by atoms with Gasteiger partial charge in [0, 0.05) is 16.3 Å². The Labute approximate surface area is 218 Å². The minimum atomic E-state index is -0.953. The van der Waals surface area contributed by atoms with Crippen LogP contribution in [0.15, 0.2) is 29.8 Å². The van der Waals surface area contributed by atoms with Gasteiger partial charge in [0.2, 0.25) is 0 Å². The van der Waals surface area contributed by atoms with Crippen molar-refractivity contribution in [1.82, 2.24) is 9.88 Å². The van der Waals surface area contributed by atoms with E-state index in [0.717, 1.165) is 57.8 Å². The number of rotatable bonds is 4. The molecule has 1 aliphatic heterocycles. The van der Waals surface area contributed by atoms with Gasteiger partial charge in [-0.2, -0.15) is 0 Å². The number of nitrogens with one attached hydrogen (secondary N) is 1. The van der Waals surface area contributed by atoms with E-state index >= 15 is 0 Å². The number of carboxylic acids is 1. The summed E-state index contributed by atoms with van der Waals surface area (Å²) in [5.41, 5.74) is 5.34. The summed E-state index contributed by atoms with van der Waals surface area (Å²) in [4.78, 5) is 53.1. The molecule has 3 aromatic rings. The molecule has 5 rings (SSSR count). The lowest BCUT2D eigenvalue weighted by atomic mass is 9.95. The van der Waals surface area contributed by atoms with Crippen molar-refractivity contribution in [3.63, 3.8) is 0 Å². The lowest BCUT2D eigenvalue weighted by molar-refractivity contribution is -0.122. The maximum Gasteiger partial charge on any atom is 0.339 e. The van der Waals surface area contributed by atoms with E-state index in [2.05, 4.69) is 5.32 Å². The number of carboxylic acid groups (broad SMARTS) is 1. The Morgan fingerprint density at radius 3 is 2.35 bits per heavy atom. The molecule has 9 heteroatoms. The Bertz CT molecular complexity index is 1520. The zero-order chi connectivity index (χ0) is 26.6. The number of thiophene rings is 1. The summed E-state index contributed by atoms with van der Waals surface area (Å²) >= 11 is 1.50. The maximum atomic E-state index is 13.4. The Morgan fingerprint density at radius 1 is 1.00 bits per heavy atom.